The summed E-state index contributed by atoms with van der Waals surface area (Å²) in [7, 11) is 0. The van der Waals surface area contributed by atoms with E-state index in [9.17, 15) is 4.39 Å². The van der Waals surface area contributed by atoms with E-state index >= 15 is 0 Å². The SMILES string of the molecule is Cc1ccccc1C(NN)c1cccc(F)c1Cl. The highest BCUT2D eigenvalue weighted by molar-refractivity contribution is 6.31. The number of hydrazine groups is 1. The van der Waals surface area contributed by atoms with Gasteiger partial charge in [-0.3, -0.25) is 5.84 Å². The van der Waals surface area contributed by atoms with Crippen LogP contribution in [0.25, 0.3) is 0 Å². The number of benzene rings is 2. The molecule has 0 heterocycles. The molecule has 94 valence electrons. The van der Waals surface area contributed by atoms with E-state index in [2.05, 4.69) is 5.43 Å². The molecular weight excluding hydrogens is 251 g/mol. The van der Waals surface area contributed by atoms with Gasteiger partial charge in [0, 0.05) is 0 Å². The molecule has 0 aromatic heterocycles. The molecule has 0 aliphatic carbocycles. The molecule has 0 bridgehead atoms. The predicted molar refractivity (Wildman–Crippen MR) is 71.8 cm³/mol. The Balaban J connectivity index is 2.53. The zero-order chi connectivity index (χ0) is 13.1. The third-order valence-electron chi connectivity index (χ3n) is 2.96. The standard InChI is InChI=1S/C14H14ClFN2/c1-9-5-2-3-6-10(9)14(18-17)11-7-4-8-12(16)13(11)15/h2-8,14,18H,17H2,1H3. The molecule has 4 heteroatoms. The topological polar surface area (TPSA) is 38.0 Å². The highest BCUT2D eigenvalue weighted by atomic mass is 35.5. The van der Waals surface area contributed by atoms with Crippen LogP contribution < -0.4 is 11.3 Å². The summed E-state index contributed by atoms with van der Waals surface area (Å²) in [6.07, 6.45) is 0. The van der Waals surface area contributed by atoms with Crippen LogP contribution >= 0.6 is 11.6 Å². The maximum atomic E-state index is 13.5. The molecule has 2 rings (SSSR count). The van der Waals surface area contributed by atoms with Crippen LogP contribution in [0.5, 0.6) is 0 Å². The first-order chi connectivity index (χ1) is 8.65. The maximum Gasteiger partial charge on any atom is 0.142 e. The molecule has 0 aliphatic heterocycles. The van der Waals surface area contributed by atoms with E-state index < -0.39 is 5.82 Å². The molecule has 2 aromatic carbocycles. The largest absolute Gasteiger partial charge is 0.271 e. The number of halogens is 2. The van der Waals surface area contributed by atoms with Crippen molar-refractivity contribution in [3.05, 3.63) is 70.0 Å². The number of nitrogens with two attached hydrogens (primary N) is 1. The molecule has 0 spiro atoms. The summed E-state index contributed by atoms with van der Waals surface area (Å²) in [4.78, 5) is 0. The van der Waals surface area contributed by atoms with Crippen LogP contribution in [-0.4, -0.2) is 0 Å². The number of hydrogen-bond acceptors (Lipinski definition) is 2. The highest BCUT2D eigenvalue weighted by Gasteiger charge is 2.18. The Bertz CT molecular complexity index is 557. The second-order valence-electron chi connectivity index (χ2n) is 4.10. The molecule has 2 nitrogen and oxygen atoms in total. The van der Waals surface area contributed by atoms with Gasteiger partial charge in [0.1, 0.15) is 5.82 Å². The molecule has 3 N–H and O–H groups in total. The minimum atomic E-state index is -0.442. The van der Waals surface area contributed by atoms with Gasteiger partial charge in [-0.1, -0.05) is 48.0 Å². The van der Waals surface area contributed by atoms with Crippen LogP contribution in [0, 0.1) is 12.7 Å². The summed E-state index contributed by atoms with van der Waals surface area (Å²) >= 11 is 6.00. The van der Waals surface area contributed by atoms with Gasteiger partial charge in [-0.2, -0.15) is 0 Å². The minimum absolute atomic E-state index is 0.101. The third kappa shape index (κ3) is 2.38. The Hall–Kier alpha value is -1.42. The Morgan fingerprint density at radius 1 is 1.11 bits per heavy atom. The van der Waals surface area contributed by atoms with Crippen LogP contribution in [-0.2, 0) is 0 Å². The smallest absolute Gasteiger partial charge is 0.142 e. The molecular formula is C14H14ClFN2. The highest BCUT2D eigenvalue weighted by Crippen LogP contribution is 2.30. The second kappa shape index (κ2) is 5.48. The van der Waals surface area contributed by atoms with E-state index in [1.54, 1.807) is 12.1 Å². The van der Waals surface area contributed by atoms with E-state index in [1.165, 1.54) is 6.07 Å². The van der Waals surface area contributed by atoms with Gasteiger partial charge in [-0.05, 0) is 29.7 Å². The van der Waals surface area contributed by atoms with Crippen molar-refractivity contribution < 1.29 is 4.39 Å². The van der Waals surface area contributed by atoms with Gasteiger partial charge in [-0.25, -0.2) is 9.82 Å². The van der Waals surface area contributed by atoms with Crippen molar-refractivity contribution in [3.8, 4) is 0 Å². The van der Waals surface area contributed by atoms with Crippen LogP contribution in [0.1, 0.15) is 22.7 Å². The summed E-state index contributed by atoms with van der Waals surface area (Å²) in [5, 5.41) is 0.101. The van der Waals surface area contributed by atoms with Gasteiger partial charge >= 0.3 is 0 Å². The van der Waals surface area contributed by atoms with Gasteiger partial charge in [-0.15, -0.1) is 0 Å². The van der Waals surface area contributed by atoms with E-state index in [-0.39, 0.29) is 11.1 Å². The van der Waals surface area contributed by atoms with Crippen LogP contribution in [0.2, 0.25) is 5.02 Å². The van der Waals surface area contributed by atoms with Crippen LogP contribution in [0.15, 0.2) is 42.5 Å². The lowest BCUT2D eigenvalue weighted by Crippen LogP contribution is -2.29. The zero-order valence-corrected chi connectivity index (χ0v) is 10.7. The van der Waals surface area contributed by atoms with E-state index in [0.717, 1.165) is 11.1 Å². The average Bonchev–Trinajstić information content (AvgIpc) is 2.37. The van der Waals surface area contributed by atoms with Crippen LogP contribution in [0.4, 0.5) is 4.39 Å². The van der Waals surface area contributed by atoms with Crippen molar-refractivity contribution in [2.75, 3.05) is 0 Å². The van der Waals surface area contributed by atoms with E-state index in [0.29, 0.717) is 5.56 Å². The molecule has 0 aliphatic rings. The predicted octanol–water partition coefficient (Wildman–Crippen LogP) is 3.34. The molecule has 0 fully saturated rings. The molecule has 18 heavy (non-hydrogen) atoms. The molecule has 0 amide bonds. The van der Waals surface area contributed by atoms with Crippen molar-refractivity contribution in [2.24, 2.45) is 5.84 Å². The molecule has 1 unspecified atom stereocenters. The van der Waals surface area contributed by atoms with E-state index in [4.69, 9.17) is 17.4 Å². The van der Waals surface area contributed by atoms with Crippen molar-refractivity contribution >= 4 is 11.6 Å². The lowest BCUT2D eigenvalue weighted by atomic mass is 9.95. The summed E-state index contributed by atoms with van der Waals surface area (Å²) in [5.74, 6) is 5.15. The average molecular weight is 265 g/mol. The van der Waals surface area contributed by atoms with Crippen molar-refractivity contribution in [2.45, 2.75) is 13.0 Å². The Kier molecular flexibility index (Phi) is 3.97. The fraction of sp³-hybridized carbons (Fsp3) is 0.143. The zero-order valence-electron chi connectivity index (χ0n) is 9.95. The van der Waals surface area contributed by atoms with Gasteiger partial charge in [0.2, 0.25) is 0 Å². The lowest BCUT2D eigenvalue weighted by Gasteiger charge is -2.20. The fourth-order valence-electron chi connectivity index (χ4n) is 2.00. The molecule has 0 saturated heterocycles. The summed E-state index contributed by atoms with van der Waals surface area (Å²) in [6, 6.07) is 12.2. The van der Waals surface area contributed by atoms with E-state index in [1.807, 2.05) is 31.2 Å². The van der Waals surface area contributed by atoms with Gasteiger partial charge in [0.05, 0.1) is 11.1 Å². The molecule has 0 radical (unpaired) electrons. The number of rotatable bonds is 3. The first-order valence-corrected chi connectivity index (χ1v) is 5.98. The maximum absolute atomic E-state index is 13.5. The minimum Gasteiger partial charge on any atom is -0.271 e. The third-order valence-corrected chi connectivity index (χ3v) is 3.36. The molecule has 1 atom stereocenters. The molecule has 2 aromatic rings. The van der Waals surface area contributed by atoms with Crippen molar-refractivity contribution in [1.82, 2.24) is 5.43 Å². The van der Waals surface area contributed by atoms with Crippen molar-refractivity contribution in [1.29, 1.82) is 0 Å². The number of hydrogen-bond donors (Lipinski definition) is 2. The summed E-state index contributed by atoms with van der Waals surface area (Å²) < 4.78 is 13.5. The first kappa shape index (κ1) is 13.0. The van der Waals surface area contributed by atoms with Crippen LogP contribution in [0.3, 0.4) is 0 Å². The lowest BCUT2D eigenvalue weighted by molar-refractivity contribution is 0.604. The Morgan fingerprint density at radius 2 is 1.78 bits per heavy atom. The van der Waals surface area contributed by atoms with Gasteiger partial charge in [0.25, 0.3) is 0 Å². The quantitative estimate of drug-likeness (QED) is 0.659. The monoisotopic (exact) mass is 264 g/mol. The first-order valence-electron chi connectivity index (χ1n) is 5.60. The summed E-state index contributed by atoms with van der Waals surface area (Å²) in [5.41, 5.74) is 5.37. The number of aryl methyl sites for hydroxylation is 1. The van der Waals surface area contributed by atoms with Gasteiger partial charge in [0.15, 0.2) is 0 Å². The van der Waals surface area contributed by atoms with Gasteiger partial charge < -0.3 is 0 Å². The summed E-state index contributed by atoms with van der Waals surface area (Å²) in [6.45, 7) is 1.98. The van der Waals surface area contributed by atoms with Crippen molar-refractivity contribution in [3.63, 3.8) is 0 Å². The normalized spacial score (nSPS) is 12.4. The Morgan fingerprint density at radius 3 is 2.44 bits per heavy atom. The Labute approximate surface area is 111 Å². The fourth-order valence-corrected chi connectivity index (χ4v) is 2.24. The molecule has 0 saturated carbocycles. The number of nitrogens with one attached hydrogen (secondary N) is 1. The second-order valence-corrected chi connectivity index (χ2v) is 4.48.